The van der Waals surface area contributed by atoms with Gasteiger partial charge in [0.25, 0.3) is 5.91 Å². The Morgan fingerprint density at radius 1 is 1.10 bits per heavy atom. The summed E-state index contributed by atoms with van der Waals surface area (Å²) in [7, 11) is -4.50. The zero-order chi connectivity index (χ0) is 29.1. The molecule has 1 amide bonds. The highest BCUT2D eigenvalue weighted by molar-refractivity contribution is 7.87. The van der Waals surface area contributed by atoms with E-state index in [0.717, 1.165) is 32.1 Å². The summed E-state index contributed by atoms with van der Waals surface area (Å²) < 4.78 is 67.7. The molecule has 40 heavy (non-hydrogen) atoms. The summed E-state index contributed by atoms with van der Waals surface area (Å²) in [4.78, 5) is 17.8. The summed E-state index contributed by atoms with van der Waals surface area (Å²) in [6.45, 7) is -0.574. The topological polar surface area (TPSA) is 111 Å². The van der Waals surface area contributed by atoms with Crippen LogP contribution in [0.5, 0.6) is 5.75 Å². The van der Waals surface area contributed by atoms with Gasteiger partial charge in [-0.25, -0.2) is 4.98 Å². The zero-order valence-corrected chi connectivity index (χ0v) is 23.4. The lowest BCUT2D eigenvalue weighted by Crippen LogP contribution is -2.36. The molecule has 1 aromatic heterocycles. The number of carbonyl (C=O) groups is 1. The third kappa shape index (κ3) is 7.48. The average molecular weight is 620 g/mol. The highest BCUT2D eigenvalue weighted by Crippen LogP contribution is 2.34. The lowest BCUT2D eigenvalue weighted by Gasteiger charge is -2.22. The Morgan fingerprint density at radius 3 is 2.38 bits per heavy atom. The molecule has 0 spiro atoms. The van der Waals surface area contributed by atoms with Gasteiger partial charge in [0.05, 0.1) is 29.5 Å². The molecule has 2 aromatic carbocycles. The number of nitrogens with zero attached hydrogens (tertiary/aromatic N) is 2. The Morgan fingerprint density at radius 2 is 1.77 bits per heavy atom. The van der Waals surface area contributed by atoms with Crippen LogP contribution >= 0.6 is 23.2 Å². The van der Waals surface area contributed by atoms with Crippen LogP contribution < -0.4 is 9.50 Å². The molecule has 1 aliphatic carbocycles. The molecule has 1 heterocycles. The van der Waals surface area contributed by atoms with Crippen molar-refractivity contribution in [2.75, 3.05) is 5.75 Å². The van der Waals surface area contributed by atoms with E-state index in [0.29, 0.717) is 16.3 Å². The molecule has 2 N–H and O–H groups in total. The van der Waals surface area contributed by atoms with Crippen LogP contribution in [0.2, 0.25) is 10.0 Å². The molecule has 216 valence electrons. The first kappa shape index (κ1) is 30.2. The van der Waals surface area contributed by atoms with Crippen molar-refractivity contribution in [2.45, 2.75) is 57.3 Å². The number of alkyl halides is 3. The van der Waals surface area contributed by atoms with Crippen LogP contribution in [0.25, 0.3) is 17.1 Å². The van der Waals surface area contributed by atoms with Crippen LogP contribution in [0.3, 0.4) is 0 Å². The Hall–Kier alpha value is -2.80. The molecule has 0 aliphatic heterocycles. The number of nitrogens with one attached hydrogen (secondary N) is 1. The smallest absolute Gasteiger partial charge is 0.390 e. The molecule has 0 unspecified atom stereocenters. The van der Waals surface area contributed by atoms with E-state index in [4.69, 9.17) is 27.4 Å². The fourth-order valence-electron chi connectivity index (χ4n) is 4.49. The van der Waals surface area contributed by atoms with Crippen molar-refractivity contribution in [2.24, 2.45) is 0 Å². The third-order valence-corrected chi connectivity index (χ3v) is 8.10. The Bertz CT molecular complexity index is 1470. The molecular weight excluding hydrogens is 594 g/mol. The number of aliphatic hydroxyl groups is 1. The first-order valence-corrected chi connectivity index (χ1v) is 14.8. The molecule has 3 aromatic rings. The second-order valence-corrected chi connectivity index (χ2v) is 11.9. The fourth-order valence-corrected chi connectivity index (χ4v) is 5.95. The highest BCUT2D eigenvalue weighted by atomic mass is 35.5. The number of carbonyl (C=O) groups excluding carboxylic acids is 1. The molecule has 1 saturated carbocycles. The summed E-state index contributed by atoms with van der Waals surface area (Å²) >= 11 is 12.5. The maximum atomic E-state index is 13.3. The van der Waals surface area contributed by atoms with Crippen molar-refractivity contribution in [1.29, 1.82) is 0 Å². The van der Waals surface area contributed by atoms with Gasteiger partial charge in [-0.05, 0) is 55.3 Å². The van der Waals surface area contributed by atoms with Crippen LogP contribution in [0, 0.1) is 0 Å². The predicted octanol–water partition coefficient (Wildman–Crippen LogP) is 6.06. The number of benzene rings is 2. The van der Waals surface area contributed by atoms with E-state index in [2.05, 4.69) is 10.3 Å². The van der Waals surface area contributed by atoms with Gasteiger partial charge >= 0.3 is 16.3 Å². The molecule has 8 nitrogen and oxygen atoms in total. The minimum Gasteiger partial charge on any atom is -0.390 e. The van der Waals surface area contributed by atoms with Crippen molar-refractivity contribution < 1.29 is 35.7 Å². The third-order valence-electron chi connectivity index (χ3n) is 6.40. The molecule has 1 fully saturated rings. The molecule has 0 bridgehead atoms. The maximum absolute atomic E-state index is 13.3. The average Bonchev–Trinajstić information content (AvgIpc) is 3.27. The summed E-state index contributed by atoms with van der Waals surface area (Å²) in [6, 6.07) is 10.0. The number of amides is 1. The molecule has 14 heteroatoms. The molecule has 1 aliphatic rings. The largest absolute Gasteiger partial charge is 0.390 e. The van der Waals surface area contributed by atoms with Gasteiger partial charge in [-0.3, -0.25) is 9.36 Å². The summed E-state index contributed by atoms with van der Waals surface area (Å²) in [5.41, 5.74) is 0.909. The zero-order valence-electron chi connectivity index (χ0n) is 21.0. The van der Waals surface area contributed by atoms with E-state index in [9.17, 15) is 31.5 Å². The Balaban J connectivity index is 1.72. The van der Waals surface area contributed by atoms with Crippen LogP contribution in [0.4, 0.5) is 13.2 Å². The summed E-state index contributed by atoms with van der Waals surface area (Å²) in [5, 5.41) is 13.9. The molecule has 4 rings (SSSR count). The predicted molar refractivity (Wildman–Crippen MR) is 144 cm³/mol. The quantitative estimate of drug-likeness (QED) is 0.282. The number of rotatable bonds is 9. The monoisotopic (exact) mass is 619 g/mol. The standard InChI is InChI=1S/C26H26Cl2F3N3O5S/c27-16-6-11-20(21(28)14-16)24-33-23(25(36)32-17-4-2-1-3-5-17)22(15-35)34(24)18-7-9-19(10-8-18)39-40(37,38)13-12-26(29,30)31/h6-11,14,17,35H,1-5,12-13,15H2,(H,32,36). The van der Waals surface area contributed by atoms with Gasteiger partial charge < -0.3 is 14.6 Å². The lowest BCUT2D eigenvalue weighted by molar-refractivity contribution is -0.130. The minimum absolute atomic E-state index is 0.0101. The SMILES string of the molecule is O=C(NC1CCCCC1)c1nc(-c2ccc(Cl)cc2Cl)n(-c2ccc(OS(=O)(=O)CCC(F)(F)F)cc2)c1CO. The molecule has 0 atom stereocenters. The second kappa shape index (κ2) is 12.4. The van der Waals surface area contributed by atoms with Crippen molar-refractivity contribution >= 4 is 39.2 Å². The van der Waals surface area contributed by atoms with Gasteiger partial charge in [0.15, 0.2) is 5.69 Å². The Labute approximate surface area is 239 Å². The number of aliphatic hydroxyl groups excluding tert-OH is 1. The van der Waals surface area contributed by atoms with Crippen LogP contribution in [-0.4, -0.2) is 47.0 Å². The van der Waals surface area contributed by atoms with Gasteiger partial charge in [-0.15, -0.1) is 0 Å². The van der Waals surface area contributed by atoms with Gasteiger partial charge in [0.1, 0.15) is 11.6 Å². The van der Waals surface area contributed by atoms with E-state index in [-0.39, 0.29) is 34.0 Å². The summed E-state index contributed by atoms with van der Waals surface area (Å²) in [5.74, 6) is -1.69. The number of hydrogen-bond acceptors (Lipinski definition) is 6. The van der Waals surface area contributed by atoms with E-state index in [1.165, 1.54) is 34.9 Å². The van der Waals surface area contributed by atoms with Crippen molar-refractivity contribution in [1.82, 2.24) is 14.9 Å². The second-order valence-electron chi connectivity index (χ2n) is 9.36. The van der Waals surface area contributed by atoms with E-state index >= 15 is 0 Å². The normalized spacial score (nSPS) is 14.8. The van der Waals surface area contributed by atoms with Crippen LogP contribution in [0.15, 0.2) is 42.5 Å². The lowest BCUT2D eigenvalue weighted by atomic mass is 9.95. The summed E-state index contributed by atoms with van der Waals surface area (Å²) in [6.07, 6.45) is -1.42. The van der Waals surface area contributed by atoms with E-state index in [1.807, 2.05) is 0 Å². The fraction of sp³-hybridized carbons (Fsp3) is 0.385. The van der Waals surface area contributed by atoms with Gasteiger partial charge in [-0.1, -0.05) is 42.5 Å². The number of imidazole rings is 1. The highest BCUT2D eigenvalue weighted by Gasteiger charge is 2.31. The first-order chi connectivity index (χ1) is 18.9. The van der Waals surface area contributed by atoms with Crippen molar-refractivity contribution in [3.63, 3.8) is 0 Å². The maximum Gasteiger partial charge on any atom is 0.390 e. The molecular formula is C26H26Cl2F3N3O5S. The van der Waals surface area contributed by atoms with Crippen LogP contribution in [0.1, 0.15) is 54.7 Å². The van der Waals surface area contributed by atoms with Crippen molar-refractivity contribution in [3.8, 4) is 22.8 Å². The van der Waals surface area contributed by atoms with Crippen LogP contribution in [-0.2, 0) is 16.7 Å². The molecule has 0 saturated heterocycles. The molecule has 0 radical (unpaired) electrons. The number of hydrogen-bond donors (Lipinski definition) is 2. The van der Waals surface area contributed by atoms with Gasteiger partial charge in [0, 0.05) is 22.3 Å². The Kier molecular flexibility index (Phi) is 9.33. The van der Waals surface area contributed by atoms with Crippen molar-refractivity contribution in [3.05, 3.63) is 63.9 Å². The van der Waals surface area contributed by atoms with Gasteiger partial charge in [-0.2, -0.15) is 21.6 Å². The van der Waals surface area contributed by atoms with E-state index < -0.39 is 41.0 Å². The number of halogens is 5. The van der Waals surface area contributed by atoms with Gasteiger partial charge in [0.2, 0.25) is 0 Å². The minimum atomic E-state index is -4.65. The first-order valence-electron chi connectivity index (χ1n) is 12.4. The van der Waals surface area contributed by atoms with E-state index in [1.54, 1.807) is 12.1 Å². The number of aromatic nitrogens is 2.